The SMILES string of the molecule is CCCCCCCCCCCCCC(=O)OC[C@H]1O[C@H](OC2CC[C@@]3(C)C(=C(O)C(O)C4C3CC[C@@]3(C)C4CC[C@@H]3[C@H](C)CCCC(C)C)C2)[C@H](O)[C@@H](O)[C@@H]1O. The highest BCUT2D eigenvalue weighted by Gasteiger charge is 2.63. The lowest BCUT2D eigenvalue weighted by atomic mass is 9.46. The first-order chi connectivity index (χ1) is 26.7. The molecule has 1 heterocycles. The van der Waals surface area contributed by atoms with Gasteiger partial charge in [-0.3, -0.25) is 4.79 Å². The van der Waals surface area contributed by atoms with E-state index in [1.807, 2.05) is 0 Å². The van der Waals surface area contributed by atoms with Crippen LogP contribution in [0.3, 0.4) is 0 Å². The lowest BCUT2D eigenvalue weighted by molar-refractivity contribution is -0.313. The van der Waals surface area contributed by atoms with E-state index in [1.165, 1.54) is 77.0 Å². The van der Waals surface area contributed by atoms with Gasteiger partial charge in [0.25, 0.3) is 0 Å². The average Bonchev–Trinajstić information content (AvgIpc) is 3.53. The molecular weight excluding hydrogens is 709 g/mol. The smallest absolute Gasteiger partial charge is 0.305 e. The van der Waals surface area contributed by atoms with Crippen LogP contribution in [0.1, 0.15) is 183 Å². The Morgan fingerprint density at radius 1 is 0.786 bits per heavy atom. The van der Waals surface area contributed by atoms with Crippen molar-refractivity contribution in [2.24, 2.45) is 46.3 Å². The molecule has 0 amide bonds. The lowest BCUT2D eigenvalue weighted by Gasteiger charge is -2.60. The number of hydrogen-bond donors (Lipinski definition) is 5. The Kier molecular flexibility index (Phi) is 17.1. The number of ether oxygens (including phenoxy) is 3. The van der Waals surface area contributed by atoms with Gasteiger partial charge in [0.1, 0.15) is 42.9 Å². The number of rotatable bonds is 21. The predicted molar refractivity (Wildman–Crippen MR) is 220 cm³/mol. The quantitative estimate of drug-likeness (QED) is 0.0567. The molecule has 0 bridgehead atoms. The van der Waals surface area contributed by atoms with Gasteiger partial charge in [-0.2, -0.15) is 0 Å². The molecular formula is C47H82O9. The molecule has 4 aliphatic carbocycles. The second kappa shape index (κ2) is 20.8. The molecule has 3 saturated carbocycles. The molecule has 5 rings (SSSR count). The summed E-state index contributed by atoms with van der Waals surface area (Å²) in [6.07, 6.45) is 15.4. The maximum absolute atomic E-state index is 12.5. The molecule has 0 spiro atoms. The average molecular weight is 791 g/mol. The summed E-state index contributed by atoms with van der Waals surface area (Å²) in [5, 5.41) is 56.1. The van der Waals surface area contributed by atoms with Crippen molar-refractivity contribution < 1.29 is 44.5 Å². The first-order valence-electron chi connectivity index (χ1n) is 23.3. The summed E-state index contributed by atoms with van der Waals surface area (Å²) in [5.41, 5.74) is 0.759. The molecule has 0 aromatic carbocycles. The van der Waals surface area contributed by atoms with Gasteiger partial charge in [0, 0.05) is 6.42 Å². The second-order valence-electron chi connectivity index (χ2n) is 20.0. The molecule has 1 aliphatic heterocycles. The largest absolute Gasteiger partial charge is 0.510 e. The maximum Gasteiger partial charge on any atom is 0.305 e. The molecule has 4 fully saturated rings. The van der Waals surface area contributed by atoms with Gasteiger partial charge in [-0.1, -0.05) is 125 Å². The van der Waals surface area contributed by atoms with Gasteiger partial charge in [-0.05, 0) is 103 Å². The normalized spacial score (nSPS) is 38.9. The molecule has 5 aliphatic rings. The molecule has 56 heavy (non-hydrogen) atoms. The molecule has 9 heteroatoms. The van der Waals surface area contributed by atoms with E-state index in [0.717, 1.165) is 56.4 Å². The molecule has 9 nitrogen and oxygen atoms in total. The molecule has 5 unspecified atom stereocenters. The predicted octanol–water partition coefficient (Wildman–Crippen LogP) is 9.32. The van der Waals surface area contributed by atoms with E-state index < -0.39 is 42.9 Å². The Morgan fingerprint density at radius 3 is 2.11 bits per heavy atom. The number of fused-ring (bicyclic) bond motifs is 5. The van der Waals surface area contributed by atoms with E-state index in [2.05, 4.69) is 41.5 Å². The Labute approximate surface area is 339 Å². The van der Waals surface area contributed by atoms with Crippen molar-refractivity contribution in [3.63, 3.8) is 0 Å². The Balaban J connectivity index is 1.11. The zero-order valence-corrected chi connectivity index (χ0v) is 36.1. The summed E-state index contributed by atoms with van der Waals surface area (Å²) in [5.74, 6) is 2.46. The highest BCUT2D eigenvalue weighted by atomic mass is 16.7. The van der Waals surface area contributed by atoms with Gasteiger partial charge in [0.15, 0.2) is 6.29 Å². The Morgan fingerprint density at radius 2 is 1.45 bits per heavy atom. The van der Waals surface area contributed by atoms with E-state index in [4.69, 9.17) is 14.2 Å². The number of carbonyl (C=O) groups is 1. The van der Waals surface area contributed by atoms with E-state index in [9.17, 15) is 30.3 Å². The number of unbranched alkanes of at least 4 members (excludes halogenated alkanes) is 10. The van der Waals surface area contributed by atoms with E-state index >= 15 is 0 Å². The van der Waals surface area contributed by atoms with Gasteiger partial charge < -0.3 is 39.7 Å². The third-order valence-corrected chi connectivity index (χ3v) is 15.8. The van der Waals surface area contributed by atoms with Crippen molar-refractivity contribution >= 4 is 5.97 Å². The van der Waals surface area contributed by atoms with Gasteiger partial charge in [-0.15, -0.1) is 0 Å². The highest BCUT2D eigenvalue weighted by Crippen LogP contribution is 2.68. The zero-order valence-electron chi connectivity index (χ0n) is 36.1. The fourth-order valence-corrected chi connectivity index (χ4v) is 12.4. The van der Waals surface area contributed by atoms with Crippen molar-refractivity contribution in [3.8, 4) is 0 Å². The minimum absolute atomic E-state index is 0.0336. The standard InChI is InChI=1S/C47H82O9/c1-7-8-9-10-11-12-13-14-15-16-17-21-38(48)54-29-37-41(50)43(52)44(53)45(56-37)55-32-24-26-47(6)35-25-27-46(5)33(31(4)20-18-19-30(2)3)22-23-34(46)39(35)42(51)40(49)36(47)28-32/h30-35,37,39,41-45,49-53H,7-29H2,1-6H3/t31-,32?,33-,34?,35?,37-,39?,41-,42?,43+,44-,45+,46-,47-/m1/s1. The Hall–Kier alpha value is -1.23. The van der Waals surface area contributed by atoms with Crippen LogP contribution < -0.4 is 0 Å². The van der Waals surface area contributed by atoms with Crippen LogP contribution in [0.4, 0.5) is 0 Å². The zero-order chi connectivity index (χ0) is 40.6. The van der Waals surface area contributed by atoms with Crippen LogP contribution in [0.5, 0.6) is 0 Å². The molecule has 0 radical (unpaired) electrons. The van der Waals surface area contributed by atoms with Gasteiger partial charge in [-0.25, -0.2) is 0 Å². The van der Waals surface area contributed by atoms with Crippen LogP contribution in [0.2, 0.25) is 0 Å². The van der Waals surface area contributed by atoms with Crippen molar-refractivity contribution in [2.45, 2.75) is 226 Å². The first-order valence-corrected chi connectivity index (χ1v) is 23.3. The van der Waals surface area contributed by atoms with E-state index in [0.29, 0.717) is 30.6 Å². The summed E-state index contributed by atoms with van der Waals surface area (Å²) in [6, 6.07) is 0. The van der Waals surface area contributed by atoms with Gasteiger partial charge in [0.05, 0.1) is 6.10 Å². The summed E-state index contributed by atoms with van der Waals surface area (Å²) in [7, 11) is 0. The maximum atomic E-state index is 12.5. The molecule has 1 saturated heterocycles. The number of carbonyl (C=O) groups excluding carboxylic acids is 1. The third-order valence-electron chi connectivity index (χ3n) is 15.8. The number of aliphatic hydroxyl groups excluding tert-OH is 5. The number of aliphatic hydroxyl groups is 5. The summed E-state index contributed by atoms with van der Waals surface area (Å²) in [4.78, 5) is 12.5. The highest BCUT2D eigenvalue weighted by molar-refractivity contribution is 5.69. The summed E-state index contributed by atoms with van der Waals surface area (Å²) in [6.45, 7) is 13.8. The second-order valence-corrected chi connectivity index (χ2v) is 20.0. The van der Waals surface area contributed by atoms with Crippen LogP contribution in [0.15, 0.2) is 11.3 Å². The fourth-order valence-electron chi connectivity index (χ4n) is 12.4. The van der Waals surface area contributed by atoms with Crippen molar-refractivity contribution in [1.29, 1.82) is 0 Å². The van der Waals surface area contributed by atoms with Crippen LogP contribution in [0.25, 0.3) is 0 Å². The molecule has 14 atom stereocenters. The van der Waals surface area contributed by atoms with Crippen LogP contribution in [0, 0.1) is 46.3 Å². The minimum atomic E-state index is -1.53. The van der Waals surface area contributed by atoms with Gasteiger partial charge in [0.2, 0.25) is 0 Å². The number of esters is 1. The minimum Gasteiger partial charge on any atom is -0.510 e. The summed E-state index contributed by atoms with van der Waals surface area (Å²) >= 11 is 0. The third kappa shape index (κ3) is 10.6. The van der Waals surface area contributed by atoms with E-state index in [-0.39, 0.29) is 47.4 Å². The molecule has 5 N–H and O–H groups in total. The van der Waals surface area contributed by atoms with Crippen LogP contribution in [-0.4, -0.2) is 81.0 Å². The fraction of sp³-hybridized carbons (Fsp3) is 0.936. The Bertz CT molecular complexity index is 1250. The summed E-state index contributed by atoms with van der Waals surface area (Å²) < 4.78 is 17.8. The van der Waals surface area contributed by atoms with E-state index in [1.54, 1.807) is 0 Å². The molecule has 0 aromatic heterocycles. The van der Waals surface area contributed by atoms with Crippen molar-refractivity contribution in [3.05, 3.63) is 11.3 Å². The molecule has 324 valence electrons. The van der Waals surface area contributed by atoms with Crippen LogP contribution >= 0.6 is 0 Å². The molecule has 0 aromatic rings. The monoisotopic (exact) mass is 791 g/mol. The number of hydrogen-bond acceptors (Lipinski definition) is 9. The lowest BCUT2D eigenvalue weighted by Crippen LogP contribution is -2.60. The van der Waals surface area contributed by atoms with Crippen molar-refractivity contribution in [1.82, 2.24) is 0 Å². The van der Waals surface area contributed by atoms with Crippen molar-refractivity contribution in [2.75, 3.05) is 6.61 Å². The van der Waals surface area contributed by atoms with Gasteiger partial charge >= 0.3 is 5.97 Å². The first kappa shape index (κ1) is 45.8. The topological polar surface area (TPSA) is 146 Å². The van der Waals surface area contributed by atoms with Crippen LogP contribution in [-0.2, 0) is 19.0 Å².